The first-order chi connectivity index (χ1) is 13.3. The van der Waals surface area contributed by atoms with Crippen LogP contribution >= 0.6 is 0 Å². The van der Waals surface area contributed by atoms with E-state index in [1.165, 1.54) is 52.0 Å². The number of amides is 1. The van der Waals surface area contributed by atoms with Gasteiger partial charge in [0.1, 0.15) is 24.4 Å². The van der Waals surface area contributed by atoms with E-state index in [4.69, 9.17) is 9.84 Å². The highest BCUT2D eigenvalue weighted by Gasteiger charge is 2.31. The molecule has 0 aromatic carbocycles. The molecular formula is C20H41NO7. The molecule has 0 aromatic rings. The molecule has 0 rings (SSSR count). The molecule has 28 heavy (non-hydrogen) atoms. The van der Waals surface area contributed by atoms with Gasteiger partial charge in [-0.25, -0.2) is 4.79 Å². The molecule has 0 unspecified atom stereocenters. The van der Waals surface area contributed by atoms with Crippen molar-refractivity contribution in [2.24, 2.45) is 0 Å². The molecule has 8 heteroatoms. The van der Waals surface area contributed by atoms with Gasteiger partial charge in [-0.3, -0.25) is 0 Å². The maximum absolute atomic E-state index is 11.9. The predicted octanol–water partition coefficient (Wildman–Crippen LogP) is 1.41. The summed E-state index contributed by atoms with van der Waals surface area (Å²) in [6.45, 7) is 1.49. The van der Waals surface area contributed by atoms with Crippen LogP contribution in [0.15, 0.2) is 0 Å². The highest BCUT2D eigenvalue weighted by molar-refractivity contribution is 5.67. The molecule has 0 saturated carbocycles. The van der Waals surface area contributed by atoms with Crippen LogP contribution in [0.3, 0.4) is 0 Å². The van der Waals surface area contributed by atoms with Gasteiger partial charge in [0.05, 0.1) is 19.8 Å². The highest BCUT2D eigenvalue weighted by Crippen LogP contribution is 2.11. The van der Waals surface area contributed by atoms with Crippen molar-refractivity contribution in [2.75, 3.05) is 26.8 Å². The Kier molecular flexibility index (Phi) is 16.4. The van der Waals surface area contributed by atoms with Crippen molar-refractivity contribution >= 4 is 6.09 Å². The van der Waals surface area contributed by atoms with Gasteiger partial charge in [0.15, 0.2) is 0 Å². The standard InChI is InChI=1S/C20H41NO7/c1-3-4-5-6-7-8-9-10-11-12-13-28-20(27)21(2)14-16(23)18(25)19(26)17(24)15-22/h16-19,22-26H,3-15H2,1-2H3/t16-,17+,18+,19+/m0/s1. The minimum atomic E-state index is -1.71. The lowest BCUT2D eigenvalue weighted by atomic mass is 10.0. The molecule has 0 aromatic heterocycles. The van der Waals surface area contributed by atoms with Gasteiger partial charge in [-0.2, -0.15) is 0 Å². The summed E-state index contributed by atoms with van der Waals surface area (Å²) < 4.78 is 5.13. The van der Waals surface area contributed by atoms with Crippen LogP contribution in [0.5, 0.6) is 0 Å². The molecule has 4 atom stereocenters. The smallest absolute Gasteiger partial charge is 0.409 e. The Balaban J connectivity index is 3.78. The van der Waals surface area contributed by atoms with Gasteiger partial charge in [-0.15, -0.1) is 0 Å². The zero-order valence-corrected chi connectivity index (χ0v) is 17.5. The second-order valence-corrected chi connectivity index (χ2v) is 7.48. The lowest BCUT2D eigenvalue weighted by Crippen LogP contribution is -2.50. The molecule has 0 aliphatic carbocycles. The molecule has 5 N–H and O–H groups in total. The van der Waals surface area contributed by atoms with Gasteiger partial charge >= 0.3 is 6.09 Å². The first kappa shape index (κ1) is 27.1. The fourth-order valence-corrected chi connectivity index (χ4v) is 2.89. The number of ether oxygens (including phenoxy) is 1. The quantitative estimate of drug-likeness (QED) is 0.230. The minimum Gasteiger partial charge on any atom is -0.449 e. The Labute approximate surface area is 169 Å². The molecule has 0 aliphatic heterocycles. The summed E-state index contributed by atoms with van der Waals surface area (Å²) in [7, 11) is 1.41. The molecule has 0 aliphatic rings. The normalized spacial score (nSPS) is 15.7. The summed E-state index contributed by atoms with van der Waals surface area (Å²) in [5.41, 5.74) is 0. The molecule has 168 valence electrons. The molecule has 0 fully saturated rings. The van der Waals surface area contributed by atoms with Crippen molar-refractivity contribution in [3.05, 3.63) is 0 Å². The molecule has 0 radical (unpaired) electrons. The molecule has 0 bridgehead atoms. The van der Waals surface area contributed by atoms with Crippen molar-refractivity contribution in [3.8, 4) is 0 Å². The van der Waals surface area contributed by atoms with Gasteiger partial charge in [0.2, 0.25) is 0 Å². The van der Waals surface area contributed by atoms with Crippen LogP contribution in [0.1, 0.15) is 71.1 Å². The van der Waals surface area contributed by atoms with Crippen LogP contribution in [-0.4, -0.2) is 87.7 Å². The number of carbonyl (C=O) groups is 1. The van der Waals surface area contributed by atoms with Crippen molar-refractivity contribution < 1.29 is 35.1 Å². The van der Waals surface area contributed by atoms with Crippen molar-refractivity contribution in [2.45, 2.75) is 95.5 Å². The second-order valence-electron chi connectivity index (χ2n) is 7.48. The first-order valence-corrected chi connectivity index (χ1v) is 10.6. The van der Waals surface area contributed by atoms with Crippen LogP contribution in [0.25, 0.3) is 0 Å². The van der Waals surface area contributed by atoms with Gasteiger partial charge in [-0.1, -0.05) is 64.7 Å². The summed E-state index contributed by atoms with van der Waals surface area (Å²) in [6.07, 6.45) is 4.79. The number of likely N-dealkylation sites (N-methyl/N-ethyl adjacent to an activating group) is 1. The number of aliphatic hydroxyl groups excluding tert-OH is 5. The number of hydrogen-bond donors (Lipinski definition) is 5. The summed E-state index contributed by atoms with van der Waals surface area (Å²) in [5.74, 6) is 0. The molecule has 0 heterocycles. The van der Waals surface area contributed by atoms with E-state index in [1.54, 1.807) is 0 Å². The van der Waals surface area contributed by atoms with E-state index in [9.17, 15) is 25.2 Å². The van der Waals surface area contributed by atoms with Crippen LogP contribution < -0.4 is 0 Å². The Hall–Kier alpha value is -0.930. The number of unbranched alkanes of at least 4 members (excludes halogenated alkanes) is 9. The maximum atomic E-state index is 11.9. The summed E-state index contributed by atoms with van der Waals surface area (Å²) in [4.78, 5) is 13.0. The van der Waals surface area contributed by atoms with Crippen molar-refractivity contribution in [1.82, 2.24) is 4.90 Å². The van der Waals surface area contributed by atoms with Gasteiger partial charge < -0.3 is 35.2 Å². The molecule has 1 amide bonds. The van der Waals surface area contributed by atoms with E-state index >= 15 is 0 Å². The van der Waals surface area contributed by atoms with Crippen molar-refractivity contribution in [3.63, 3.8) is 0 Å². The Morgan fingerprint density at radius 3 is 1.79 bits per heavy atom. The SMILES string of the molecule is CCCCCCCCCCCCOC(=O)N(C)C[C@H](O)[C@@H](O)[C@H](O)[C@H](O)CO. The molecule has 0 saturated heterocycles. The lowest BCUT2D eigenvalue weighted by molar-refractivity contribution is -0.117. The van der Waals surface area contributed by atoms with E-state index in [0.717, 1.165) is 24.2 Å². The zero-order valence-electron chi connectivity index (χ0n) is 17.5. The number of carbonyl (C=O) groups excluding carboxylic acids is 1. The maximum Gasteiger partial charge on any atom is 0.409 e. The topological polar surface area (TPSA) is 131 Å². The van der Waals surface area contributed by atoms with Gasteiger partial charge in [-0.05, 0) is 6.42 Å². The van der Waals surface area contributed by atoms with Crippen LogP contribution in [0.2, 0.25) is 0 Å². The van der Waals surface area contributed by atoms with E-state index in [2.05, 4.69) is 6.92 Å². The van der Waals surface area contributed by atoms with E-state index in [-0.39, 0.29) is 6.54 Å². The van der Waals surface area contributed by atoms with Crippen LogP contribution in [0.4, 0.5) is 4.79 Å². The average molecular weight is 408 g/mol. The monoisotopic (exact) mass is 407 g/mol. The number of rotatable bonds is 17. The van der Waals surface area contributed by atoms with E-state index in [1.807, 2.05) is 0 Å². The summed E-state index contributed by atoms with van der Waals surface area (Å²) in [6, 6.07) is 0. The molecule has 0 spiro atoms. The number of hydrogen-bond acceptors (Lipinski definition) is 7. The summed E-state index contributed by atoms with van der Waals surface area (Å²) in [5, 5.41) is 47.2. The third kappa shape index (κ3) is 12.5. The fourth-order valence-electron chi connectivity index (χ4n) is 2.89. The van der Waals surface area contributed by atoms with Crippen LogP contribution in [-0.2, 0) is 4.74 Å². The van der Waals surface area contributed by atoms with E-state index in [0.29, 0.717) is 6.61 Å². The largest absolute Gasteiger partial charge is 0.449 e. The summed E-state index contributed by atoms with van der Waals surface area (Å²) >= 11 is 0. The Morgan fingerprint density at radius 2 is 1.29 bits per heavy atom. The molecular weight excluding hydrogens is 366 g/mol. The lowest BCUT2D eigenvalue weighted by Gasteiger charge is -2.28. The zero-order chi connectivity index (χ0) is 21.4. The number of aliphatic hydroxyl groups is 5. The van der Waals surface area contributed by atoms with Gasteiger partial charge in [0.25, 0.3) is 0 Å². The highest BCUT2D eigenvalue weighted by atomic mass is 16.6. The van der Waals surface area contributed by atoms with Crippen molar-refractivity contribution in [1.29, 1.82) is 0 Å². The second kappa shape index (κ2) is 17.0. The molecule has 8 nitrogen and oxygen atoms in total. The Bertz CT molecular complexity index is 384. The van der Waals surface area contributed by atoms with Gasteiger partial charge in [0, 0.05) is 7.05 Å². The fraction of sp³-hybridized carbons (Fsp3) is 0.950. The first-order valence-electron chi connectivity index (χ1n) is 10.6. The minimum absolute atomic E-state index is 0.271. The predicted molar refractivity (Wildman–Crippen MR) is 107 cm³/mol. The average Bonchev–Trinajstić information content (AvgIpc) is 2.69. The van der Waals surface area contributed by atoms with Crippen LogP contribution in [0, 0.1) is 0 Å². The Morgan fingerprint density at radius 1 is 0.821 bits per heavy atom. The van der Waals surface area contributed by atoms with E-state index < -0.39 is 37.1 Å². The third-order valence-corrected chi connectivity index (χ3v) is 4.82. The number of nitrogens with zero attached hydrogens (tertiary/aromatic N) is 1. The third-order valence-electron chi connectivity index (χ3n) is 4.82.